The highest BCUT2D eigenvalue weighted by molar-refractivity contribution is 5.76. The monoisotopic (exact) mass is 337 g/mol. The summed E-state index contributed by atoms with van der Waals surface area (Å²) < 4.78 is 6.80. The number of aromatic amines is 1. The van der Waals surface area contributed by atoms with Gasteiger partial charge in [0, 0.05) is 25.6 Å². The van der Waals surface area contributed by atoms with Crippen LogP contribution in [-0.2, 0) is 4.74 Å². The highest BCUT2D eigenvalue weighted by Gasteiger charge is 2.26. The largest absolute Gasteiger partial charge is 0.381 e. The van der Waals surface area contributed by atoms with Crippen LogP contribution >= 0.6 is 0 Å². The summed E-state index contributed by atoms with van der Waals surface area (Å²) in [5.74, 6) is 0.322. The number of para-hydroxylation sites is 1. The Labute approximate surface area is 144 Å². The van der Waals surface area contributed by atoms with E-state index < -0.39 is 5.69 Å². The molecule has 2 unspecified atom stereocenters. The zero-order valence-corrected chi connectivity index (χ0v) is 13.7. The molecule has 4 rings (SSSR count). The average Bonchev–Trinajstić information content (AvgIpc) is 3.15. The third kappa shape index (κ3) is 3.00. The summed E-state index contributed by atoms with van der Waals surface area (Å²) in [5.41, 5.74) is 0.753. The molecule has 128 valence electrons. The SMILES string of the molecule is O=c1[nH]c2ccccc2c(=O)n1C(CC1CCOC1)c1cccnc1. The topological polar surface area (TPSA) is 77.0 Å². The second kappa shape index (κ2) is 6.64. The van der Waals surface area contributed by atoms with Crippen molar-refractivity contribution in [2.75, 3.05) is 13.2 Å². The Balaban J connectivity index is 1.88. The molecule has 0 amide bonds. The molecule has 1 aliphatic rings. The van der Waals surface area contributed by atoms with E-state index in [2.05, 4.69) is 9.97 Å². The Morgan fingerprint density at radius 2 is 2.12 bits per heavy atom. The first-order chi connectivity index (χ1) is 12.2. The third-order valence-corrected chi connectivity index (χ3v) is 4.80. The lowest BCUT2D eigenvalue weighted by Crippen LogP contribution is -2.39. The first-order valence-electron chi connectivity index (χ1n) is 8.45. The molecule has 0 aliphatic carbocycles. The zero-order chi connectivity index (χ0) is 17.2. The van der Waals surface area contributed by atoms with E-state index in [1.54, 1.807) is 36.7 Å². The van der Waals surface area contributed by atoms with Crippen molar-refractivity contribution in [3.8, 4) is 0 Å². The van der Waals surface area contributed by atoms with E-state index >= 15 is 0 Å². The number of ether oxygens (including phenoxy) is 1. The maximum Gasteiger partial charge on any atom is 0.329 e. The Morgan fingerprint density at radius 1 is 1.24 bits per heavy atom. The van der Waals surface area contributed by atoms with Crippen LogP contribution in [0.4, 0.5) is 0 Å². The highest BCUT2D eigenvalue weighted by Crippen LogP contribution is 2.28. The minimum atomic E-state index is -0.392. The molecule has 6 heteroatoms. The molecular formula is C19H19N3O3. The summed E-state index contributed by atoms with van der Waals surface area (Å²) in [6, 6.07) is 10.5. The molecule has 1 aromatic carbocycles. The summed E-state index contributed by atoms with van der Waals surface area (Å²) in [6.45, 7) is 1.39. The summed E-state index contributed by atoms with van der Waals surface area (Å²) in [4.78, 5) is 32.7. The molecule has 2 aromatic heterocycles. The fourth-order valence-electron chi connectivity index (χ4n) is 3.51. The summed E-state index contributed by atoms with van der Waals surface area (Å²) in [6.07, 6.45) is 5.03. The number of fused-ring (bicyclic) bond motifs is 1. The number of H-pyrrole nitrogens is 1. The van der Waals surface area contributed by atoms with Gasteiger partial charge in [0.05, 0.1) is 16.9 Å². The Kier molecular flexibility index (Phi) is 4.19. The average molecular weight is 337 g/mol. The van der Waals surface area contributed by atoms with E-state index in [1.165, 1.54) is 4.57 Å². The zero-order valence-electron chi connectivity index (χ0n) is 13.7. The second-order valence-electron chi connectivity index (χ2n) is 6.42. The lowest BCUT2D eigenvalue weighted by atomic mass is 9.94. The van der Waals surface area contributed by atoms with E-state index in [1.807, 2.05) is 12.1 Å². The maximum absolute atomic E-state index is 13.0. The van der Waals surface area contributed by atoms with Crippen LogP contribution in [0.2, 0.25) is 0 Å². The van der Waals surface area contributed by atoms with Gasteiger partial charge in [-0.1, -0.05) is 18.2 Å². The van der Waals surface area contributed by atoms with E-state index in [0.29, 0.717) is 29.8 Å². The molecule has 1 fully saturated rings. The van der Waals surface area contributed by atoms with Gasteiger partial charge in [-0.3, -0.25) is 14.3 Å². The third-order valence-electron chi connectivity index (χ3n) is 4.80. The van der Waals surface area contributed by atoms with Crippen molar-refractivity contribution in [1.82, 2.24) is 14.5 Å². The van der Waals surface area contributed by atoms with Crippen molar-refractivity contribution in [3.05, 3.63) is 75.2 Å². The minimum absolute atomic E-state index is 0.271. The quantitative estimate of drug-likeness (QED) is 0.791. The van der Waals surface area contributed by atoms with Crippen molar-refractivity contribution in [2.45, 2.75) is 18.9 Å². The van der Waals surface area contributed by atoms with Crippen molar-refractivity contribution in [2.24, 2.45) is 5.92 Å². The molecule has 0 radical (unpaired) electrons. The van der Waals surface area contributed by atoms with E-state index in [0.717, 1.165) is 18.6 Å². The van der Waals surface area contributed by atoms with Crippen molar-refractivity contribution >= 4 is 10.9 Å². The first kappa shape index (κ1) is 15.8. The van der Waals surface area contributed by atoms with E-state index in [9.17, 15) is 9.59 Å². The molecule has 1 N–H and O–H groups in total. The molecule has 0 saturated carbocycles. The van der Waals surface area contributed by atoms with Gasteiger partial charge < -0.3 is 9.72 Å². The number of hydrogen-bond donors (Lipinski definition) is 1. The molecule has 6 nitrogen and oxygen atoms in total. The van der Waals surface area contributed by atoms with Crippen LogP contribution in [0.15, 0.2) is 58.4 Å². The van der Waals surface area contributed by atoms with Gasteiger partial charge in [-0.25, -0.2) is 4.79 Å². The van der Waals surface area contributed by atoms with E-state index in [4.69, 9.17) is 4.74 Å². The number of pyridine rings is 1. The van der Waals surface area contributed by atoms with Gasteiger partial charge in [0.1, 0.15) is 0 Å². The van der Waals surface area contributed by atoms with Crippen LogP contribution in [0.3, 0.4) is 0 Å². The number of aromatic nitrogens is 3. The Hall–Kier alpha value is -2.73. The number of hydrogen-bond acceptors (Lipinski definition) is 4. The van der Waals surface area contributed by atoms with Crippen LogP contribution in [0, 0.1) is 5.92 Å². The van der Waals surface area contributed by atoms with Crippen molar-refractivity contribution < 1.29 is 4.74 Å². The lowest BCUT2D eigenvalue weighted by molar-refractivity contribution is 0.181. The highest BCUT2D eigenvalue weighted by atomic mass is 16.5. The van der Waals surface area contributed by atoms with Crippen LogP contribution in [0.25, 0.3) is 10.9 Å². The summed E-state index contributed by atoms with van der Waals surface area (Å²) >= 11 is 0. The molecule has 1 saturated heterocycles. The van der Waals surface area contributed by atoms with Gasteiger partial charge in [0.15, 0.2) is 0 Å². The van der Waals surface area contributed by atoms with Crippen molar-refractivity contribution in [3.63, 3.8) is 0 Å². The molecule has 0 spiro atoms. The second-order valence-corrected chi connectivity index (χ2v) is 6.42. The van der Waals surface area contributed by atoms with E-state index in [-0.39, 0.29) is 11.6 Å². The summed E-state index contributed by atoms with van der Waals surface area (Å²) in [7, 11) is 0. The molecule has 1 aliphatic heterocycles. The molecule has 3 aromatic rings. The van der Waals surface area contributed by atoms with Gasteiger partial charge in [-0.15, -0.1) is 0 Å². The predicted octanol–water partition coefficient (Wildman–Crippen LogP) is 2.10. The van der Waals surface area contributed by atoms with Crippen LogP contribution in [0.5, 0.6) is 0 Å². The van der Waals surface area contributed by atoms with Gasteiger partial charge in [-0.2, -0.15) is 0 Å². The molecule has 0 bridgehead atoms. The molecular weight excluding hydrogens is 318 g/mol. The van der Waals surface area contributed by atoms with Crippen LogP contribution in [-0.4, -0.2) is 27.7 Å². The number of nitrogens with one attached hydrogen (secondary N) is 1. The summed E-state index contributed by atoms with van der Waals surface area (Å²) in [5, 5.41) is 0.513. The molecule has 3 heterocycles. The number of nitrogens with zero attached hydrogens (tertiary/aromatic N) is 2. The van der Waals surface area contributed by atoms with Gasteiger partial charge >= 0.3 is 5.69 Å². The Morgan fingerprint density at radius 3 is 2.88 bits per heavy atom. The van der Waals surface area contributed by atoms with Gasteiger partial charge in [0.25, 0.3) is 5.56 Å². The lowest BCUT2D eigenvalue weighted by Gasteiger charge is -2.22. The number of rotatable bonds is 4. The molecule has 2 atom stereocenters. The predicted molar refractivity (Wildman–Crippen MR) is 94.7 cm³/mol. The van der Waals surface area contributed by atoms with Crippen LogP contribution < -0.4 is 11.2 Å². The fourth-order valence-corrected chi connectivity index (χ4v) is 3.51. The van der Waals surface area contributed by atoms with Gasteiger partial charge in [0.2, 0.25) is 0 Å². The minimum Gasteiger partial charge on any atom is -0.381 e. The smallest absolute Gasteiger partial charge is 0.329 e. The number of benzene rings is 1. The normalized spacial score (nSPS) is 18.5. The fraction of sp³-hybridized carbons (Fsp3) is 0.316. The maximum atomic E-state index is 13.0. The Bertz CT molecular complexity index is 988. The standard InChI is InChI=1S/C19H19N3O3/c23-18-15-5-1-2-6-16(15)21-19(24)22(18)17(10-13-7-9-25-12-13)14-4-3-8-20-11-14/h1-6,8,11,13,17H,7,9-10,12H2,(H,21,24). The van der Waals surface area contributed by atoms with Crippen LogP contribution in [0.1, 0.15) is 24.4 Å². The van der Waals surface area contributed by atoms with Gasteiger partial charge in [-0.05, 0) is 42.5 Å². The van der Waals surface area contributed by atoms with Crippen molar-refractivity contribution in [1.29, 1.82) is 0 Å². The molecule has 25 heavy (non-hydrogen) atoms. The first-order valence-corrected chi connectivity index (χ1v) is 8.45.